The van der Waals surface area contributed by atoms with Gasteiger partial charge in [-0.05, 0) is 66.6 Å². The number of halogens is 1. The summed E-state index contributed by atoms with van der Waals surface area (Å²) < 4.78 is 38.4. The molecule has 9 heteroatoms. The molecule has 3 aromatic carbocycles. The fourth-order valence-electron chi connectivity index (χ4n) is 3.45. The van der Waals surface area contributed by atoms with Crippen LogP contribution in [-0.4, -0.2) is 35.1 Å². The first-order valence-corrected chi connectivity index (χ1v) is 12.5. The number of hydrogen-bond donors (Lipinski definition) is 1. The number of carbonyl (C=O) groups excluding carboxylic acids is 1. The molecule has 7 nitrogen and oxygen atoms in total. The van der Waals surface area contributed by atoms with Gasteiger partial charge in [-0.2, -0.15) is 0 Å². The van der Waals surface area contributed by atoms with E-state index in [1.54, 1.807) is 37.4 Å². The Morgan fingerprint density at radius 3 is 2.09 bits per heavy atom. The Kier molecular flexibility index (Phi) is 8.41. The van der Waals surface area contributed by atoms with Gasteiger partial charge in [-0.3, -0.25) is 9.10 Å². The van der Waals surface area contributed by atoms with E-state index in [1.807, 2.05) is 31.2 Å². The van der Waals surface area contributed by atoms with Crippen LogP contribution in [0.25, 0.3) is 0 Å². The molecule has 0 spiro atoms. The third-order valence-electron chi connectivity index (χ3n) is 5.29. The minimum absolute atomic E-state index is 0.0308. The van der Waals surface area contributed by atoms with Crippen molar-refractivity contribution in [2.75, 3.05) is 25.1 Å². The Balaban J connectivity index is 1.89. The van der Waals surface area contributed by atoms with Crippen LogP contribution in [0.3, 0.4) is 0 Å². The molecule has 1 atom stereocenters. The topological polar surface area (TPSA) is 84.9 Å². The molecule has 3 aromatic rings. The molecule has 0 heterocycles. The lowest BCUT2D eigenvalue weighted by Gasteiger charge is -2.26. The van der Waals surface area contributed by atoms with Gasteiger partial charge in [0.1, 0.15) is 18.0 Å². The number of nitrogens with one attached hydrogen (secondary N) is 1. The summed E-state index contributed by atoms with van der Waals surface area (Å²) in [6.07, 6.45) is 0.625. The second kappa shape index (κ2) is 11.3. The second-order valence-electron chi connectivity index (χ2n) is 7.47. The molecule has 0 fully saturated rings. The summed E-state index contributed by atoms with van der Waals surface area (Å²) >= 11 is 6.12. The van der Waals surface area contributed by atoms with Crippen molar-refractivity contribution in [1.82, 2.24) is 5.32 Å². The number of sulfonamides is 1. The van der Waals surface area contributed by atoms with Crippen molar-refractivity contribution < 1.29 is 22.7 Å². The van der Waals surface area contributed by atoms with Gasteiger partial charge in [0.05, 0.1) is 30.8 Å². The van der Waals surface area contributed by atoms with Crippen molar-refractivity contribution in [3.05, 3.63) is 83.4 Å². The molecule has 0 aromatic heterocycles. The molecule has 0 aliphatic rings. The Labute approximate surface area is 205 Å². The highest BCUT2D eigenvalue weighted by molar-refractivity contribution is 7.92. The zero-order chi connectivity index (χ0) is 24.7. The summed E-state index contributed by atoms with van der Waals surface area (Å²) in [6, 6.07) is 19.5. The first-order chi connectivity index (χ1) is 16.3. The van der Waals surface area contributed by atoms with Crippen molar-refractivity contribution in [2.45, 2.75) is 24.3 Å². The van der Waals surface area contributed by atoms with Crippen LogP contribution >= 0.6 is 11.6 Å². The van der Waals surface area contributed by atoms with Crippen LogP contribution in [0.1, 0.15) is 24.9 Å². The molecular formula is C25H27ClN2O5S. The normalized spacial score (nSPS) is 12.0. The fraction of sp³-hybridized carbons (Fsp3) is 0.240. The number of benzene rings is 3. The number of methoxy groups -OCH3 is 2. The average molecular weight is 503 g/mol. The van der Waals surface area contributed by atoms with Gasteiger partial charge in [-0.15, -0.1) is 0 Å². The molecule has 1 N–H and O–H groups in total. The lowest BCUT2D eigenvalue weighted by atomic mass is 10.0. The number of carbonyl (C=O) groups is 1. The number of rotatable bonds is 10. The lowest BCUT2D eigenvalue weighted by Crippen LogP contribution is -2.42. The predicted octanol–water partition coefficient (Wildman–Crippen LogP) is 4.82. The monoisotopic (exact) mass is 502 g/mol. The molecule has 3 rings (SSSR count). The summed E-state index contributed by atoms with van der Waals surface area (Å²) in [5.41, 5.74) is 1.18. The Morgan fingerprint density at radius 1 is 0.971 bits per heavy atom. The highest BCUT2D eigenvalue weighted by Gasteiger charge is 2.28. The number of amides is 1. The number of hydrogen-bond acceptors (Lipinski definition) is 5. The average Bonchev–Trinajstić information content (AvgIpc) is 2.85. The van der Waals surface area contributed by atoms with Gasteiger partial charge in [0.25, 0.3) is 10.0 Å². The van der Waals surface area contributed by atoms with E-state index in [-0.39, 0.29) is 16.6 Å². The molecule has 34 heavy (non-hydrogen) atoms. The first kappa shape index (κ1) is 25.4. The minimum atomic E-state index is -4.07. The Hall–Kier alpha value is -3.23. The molecule has 0 saturated heterocycles. The van der Waals surface area contributed by atoms with Crippen molar-refractivity contribution >= 4 is 33.2 Å². The van der Waals surface area contributed by atoms with E-state index in [2.05, 4.69) is 5.32 Å². The first-order valence-electron chi connectivity index (χ1n) is 10.6. The van der Waals surface area contributed by atoms with Crippen molar-refractivity contribution in [1.29, 1.82) is 0 Å². The van der Waals surface area contributed by atoms with Gasteiger partial charge in [0.15, 0.2) is 0 Å². The van der Waals surface area contributed by atoms with Crippen LogP contribution in [0, 0.1) is 0 Å². The minimum Gasteiger partial charge on any atom is -0.497 e. The smallest absolute Gasteiger partial charge is 0.264 e. The fourth-order valence-corrected chi connectivity index (χ4v) is 5.05. The molecule has 0 unspecified atom stereocenters. The van der Waals surface area contributed by atoms with Gasteiger partial charge in [-0.25, -0.2) is 8.42 Å². The molecule has 0 aliphatic carbocycles. The van der Waals surface area contributed by atoms with Crippen LogP contribution in [0.2, 0.25) is 5.02 Å². The van der Waals surface area contributed by atoms with Crippen LogP contribution in [0.5, 0.6) is 11.5 Å². The van der Waals surface area contributed by atoms with Crippen molar-refractivity contribution in [2.24, 2.45) is 0 Å². The molecular weight excluding hydrogens is 476 g/mol. The molecule has 180 valence electrons. The van der Waals surface area contributed by atoms with Gasteiger partial charge in [0.2, 0.25) is 5.91 Å². The van der Waals surface area contributed by atoms with E-state index in [9.17, 15) is 13.2 Å². The Morgan fingerprint density at radius 2 is 1.56 bits per heavy atom. The summed E-state index contributed by atoms with van der Waals surface area (Å²) in [5, 5.41) is 3.30. The van der Waals surface area contributed by atoms with E-state index < -0.39 is 22.5 Å². The maximum atomic E-state index is 13.5. The lowest BCUT2D eigenvalue weighted by molar-refractivity contribution is -0.120. The maximum Gasteiger partial charge on any atom is 0.264 e. The van der Waals surface area contributed by atoms with Crippen LogP contribution in [0.4, 0.5) is 5.69 Å². The quantitative estimate of drug-likeness (QED) is 0.429. The summed E-state index contributed by atoms with van der Waals surface area (Å²) in [7, 11) is -0.981. The molecule has 1 amide bonds. The van der Waals surface area contributed by atoms with E-state index >= 15 is 0 Å². The molecule has 0 aliphatic heterocycles. The third-order valence-corrected chi connectivity index (χ3v) is 7.32. The Bertz CT molecular complexity index is 1210. The summed E-state index contributed by atoms with van der Waals surface area (Å²) in [5.74, 6) is 0.790. The summed E-state index contributed by atoms with van der Waals surface area (Å²) in [6.45, 7) is 1.53. The highest BCUT2D eigenvalue weighted by Crippen LogP contribution is 2.27. The van der Waals surface area contributed by atoms with Gasteiger partial charge < -0.3 is 14.8 Å². The van der Waals surface area contributed by atoms with Gasteiger partial charge >= 0.3 is 0 Å². The maximum absolute atomic E-state index is 13.5. The molecule has 0 saturated carbocycles. The van der Waals surface area contributed by atoms with Crippen LogP contribution < -0.4 is 19.1 Å². The van der Waals surface area contributed by atoms with E-state index in [0.717, 1.165) is 9.87 Å². The second-order valence-corrected chi connectivity index (χ2v) is 9.77. The van der Waals surface area contributed by atoms with Crippen molar-refractivity contribution in [3.63, 3.8) is 0 Å². The largest absolute Gasteiger partial charge is 0.497 e. The zero-order valence-electron chi connectivity index (χ0n) is 19.2. The van der Waals surface area contributed by atoms with E-state index in [4.69, 9.17) is 21.1 Å². The number of ether oxygens (including phenoxy) is 2. The number of nitrogens with zero attached hydrogens (tertiary/aromatic N) is 1. The third kappa shape index (κ3) is 6.01. The SMILES string of the molecule is CC[C@@H](NC(=O)CN(c1cccc(Cl)c1)S(=O)(=O)c1ccc(OC)cc1)c1ccc(OC)cc1. The summed E-state index contributed by atoms with van der Waals surface area (Å²) in [4.78, 5) is 13.1. The van der Waals surface area contributed by atoms with Crippen LogP contribution in [0.15, 0.2) is 77.7 Å². The number of anilines is 1. The standard InChI is InChI=1S/C25H27ClN2O5S/c1-4-24(18-8-10-21(32-2)11-9-18)27-25(29)17-28(20-7-5-6-19(26)16-20)34(30,31)23-14-12-22(33-3)13-15-23/h5-16,24H,4,17H2,1-3H3,(H,27,29)/t24-/m1/s1. The van der Waals surface area contributed by atoms with E-state index in [1.165, 1.54) is 25.3 Å². The van der Waals surface area contributed by atoms with Gasteiger partial charge in [-0.1, -0.05) is 36.7 Å². The highest BCUT2D eigenvalue weighted by atomic mass is 35.5. The van der Waals surface area contributed by atoms with Gasteiger partial charge in [0, 0.05) is 5.02 Å². The molecule has 0 radical (unpaired) electrons. The zero-order valence-corrected chi connectivity index (χ0v) is 20.8. The predicted molar refractivity (Wildman–Crippen MR) is 133 cm³/mol. The molecule has 0 bridgehead atoms. The van der Waals surface area contributed by atoms with Crippen LogP contribution in [-0.2, 0) is 14.8 Å². The van der Waals surface area contributed by atoms with Crippen molar-refractivity contribution in [3.8, 4) is 11.5 Å². The van der Waals surface area contributed by atoms with E-state index in [0.29, 0.717) is 22.9 Å².